The van der Waals surface area contributed by atoms with E-state index in [9.17, 15) is 15.0 Å². The molecule has 0 aromatic heterocycles. The lowest BCUT2D eigenvalue weighted by atomic mass is 10.0. The fraction of sp³-hybridized carbons (Fsp3) is 0.917. The first kappa shape index (κ1) is 29.7. The summed E-state index contributed by atoms with van der Waals surface area (Å²) < 4.78 is 0. The smallest absolute Gasteiger partial charge is 0.320 e. The Hall–Kier alpha value is -1.34. The first-order valence-corrected chi connectivity index (χ1v) is 12.7. The average Bonchev–Trinajstić information content (AvgIpc) is 2.72. The second kappa shape index (κ2) is 21.9. The summed E-state index contributed by atoms with van der Waals surface area (Å²) in [4.78, 5) is 15.2. The first-order valence-electron chi connectivity index (χ1n) is 12.7. The van der Waals surface area contributed by atoms with Crippen LogP contribution >= 0.6 is 0 Å². The van der Waals surface area contributed by atoms with Gasteiger partial charge in [-0.25, -0.2) is 0 Å². The van der Waals surface area contributed by atoms with Gasteiger partial charge in [0.15, 0.2) is 5.96 Å². The third-order valence-corrected chi connectivity index (χ3v) is 5.73. The molecule has 184 valence electrons. The minimum atomic E-state index is -0.909. The third kappa shape index (κ3) is 21.7. The van der Waals surface area contributed by atoms with Gasteiger partial charge in [-0.15, -0.1) is 0 Å². The summed E-state index contributed by atoms with van der Waals surface area (Å²) >= 11 is 0. The predicted octanol–water partition coefficient (Wildman–Crippen LogP) is 4.32. The number of nitrogens with zero attached hydrogens (tertiary/aromatic N) is 1. The Morgan fingerprint density at radius 3 is 1.74 bits per heavy atom. The van der Waals surface area contributed by atoms with Crippen LogP contribution in [0.3, 0.4) is 0 Å². The van der Waals surface area contributed by atoms with Crippen molar-refractivity contribution in [3.63, 3.8) is 0 Å². The minimum Gasteiger partial charge on any atom is -0.480 e. The Morgan fingerprint density at radius 2 is 1.29 bits per heavy atom. The normalized spacial score (nSPS) is 13.1. The standard InChI is InChI=1S/C24H50N4O3/c1-2-3-4-5-6-7-8-9-10-11-12-13-14-15-17-21(29)20-28-22(23(30)31)18-16-19-27-24(25)26/h21-22,28-29H,2-20H2,1H3,(H,30,31)(H4,25,26,27). The third-order valence-electron chi connectivity index (χ3n) is 5.73. The van der Waals surface area contributed by atoms with Crippen LogP contribution in [0.2, 0.25) is 0 Å². The van der Waals surface area contributed by atoms with Crippen LogP contribution in [-0.4, -0.2) is 47.4 Å². The van der Waals surface area contributed by atoms with Gasteiger partial charge in [0.1, 0.15) is 6.04 Å². The number of aliphatic hydroxyl groups is 1. The van der Waals surface area contributed by atoms with Gasteiger partial charge in [-0.1, -0.05) is 96.8 Å². The fourth-order valence-corrected chi connectivity index (χ4v) is 3.77. The molecule has 0 aliphatic rings. The largest absolute Gasteiger partial charge is 0.480 e. The molecule has 7 heteroatoms. The van der Waals surface area contributed by atoms with E-state index in [4.69, 9.17) is 11.5 Å². The minimum absolute atomic E-state index is 0.0171. The molecule has 0 aromatic carbocycles. The maximum Gasteiger partial charge on any atom is 0.320 e. The van der Waals surface area contributed by atoms with Crippen molar-refractivity contribution in [2.45, 2.75) is 128 Å². The Bertz CT molecular complexity index is 443. The van der Waals surface area contributed by atoms with Crippen LogP contribution in [0, 0.1) is 0 Å². The summed E-state index contributed by atoms with van der Waals surface area (Å²) in [6, 6.07) is -0.680. The second-order valence-electron chi connectivity index (χ2n) is 8.79. The molecule has 0 spiro atoms. The van der Waals surface area contributed by atoms with Crippen molar-refractivity contribution in [2.75, 3.05) is 13.1 Å². The SMILES string of the molecule is CCCCCCCCCCCCCCCCC(O)CNC(CCCN=C(N)N)C(=O)O. The molecule has 0 heterocycles. The highest BCUT2D eigenvalue weighted by Crippen LogP contribution is 2.13. The van der Waals surface area contributed by atoms with E-state index in [0.29, 0.717) is 32.4 Å². The Morgan fingerprint density at radius 1 is 0.806 bits per heavy atom. The summed E-state index contributed by atoms with van der Waals surface area (Å²) in [5, 5.41) is 22.3. The number of unbranched alkanes of at least 4 members (excludes halogenated alkanes) is 13. The highest BCUT2D eigenvalue weighted by Gasteiger charge is 2.17. The lowest BCUT2D eigenvalue weighted by Crippen LogP contribution is -2.41. The Balaban J connectivity index is 3.52. The lowest BCUT2D eigenvalue weighted by molar-refractivity contribution is -0.139. The van der Waals surface area contributed by atoms with Crippen LogP contribution in [0.5, 0.6) is 0 Å². The topological polar surface area (TPSA) is 134 Å². The average molecular weight is 443 g/mol. The van der Waals surface area contributed by atoms with Crippen LogP contribution < -0.4 is 16.8 Å². The van der Waals surface area contributed by atoms with Crippen LogP contribution in [0.4, 0.5) is 0 Å². The highest BCUT2D eigenvalue weighted by atomic mass is 16.4. The number of guanidine groups is 1. The first-order chi connectivity index (χ1) is 15.0. The van der Waals surface area contributed by atoms with Crippen molar-refractivity contribution in [3.05, 3.63) is 0 Å². The van der Waals surface area contributed by atoms with Gasteiger partial charge in [-0.05, 0) is 19.3 Å². The molecule has 0 aliphatic carbocycles. The number of carboxylic acids is 1. The lowest BCUT2D eigenvalue weighted by Gasteiger charge is -2.17. The maximum absolute atomic E-state index is 11.3. The second-order valence-corrected chi connectivity index (χ2v) is 8.79. The van der Waals surface area contributed by atoms with Gasteiger partial charge in [0.05, 0.1) is 6.10 Å². The van der Waals surface area contributed by atoms with E-state index >= 15 is 0 Å². The summed E-state index contributed by atoms with van der Waals surface area (Å²) in [5.74, 6) is -0.892. The van der Waals surface area contributed by atoms with Crippen molar-refractivity contribution < 1.29 is 15.0 Å². The zero-order chi connectivity index (χ0) is 23.2. The zero-order valence-corrected chi connectivity index (χ0v) is 20.0. The number of hydrogen-bond acceptors (Lipinski definition) is 4. The summed E-state index contributed by atoms with van der Waals surface area (Å²) in [6.07, 6.45) is 19.6. The number of nitrogens with one attached hydrogen (secondary N) is 1. The molecule has 0 amide bonds. The van der Waals surface area contributed by atoms with Crippen molar-refractivity contribution >= 4 is 11.9 Å². The quantitative estimate of drug-likeness (QED) is 0.0909. The molecule has 0 aromatic rings. The number of hydrogen-bond donors (Lipinski definition) is 5. The van der Waals surface area contributed by atoms with E-state index < -0.39 is 18.1 Å². The number of aliphatic carboxylic acids is 1. The number of aliphatic hydroxyl groups excluding tert-OH is 1. The molecule has 0 radical (unpaired) electrons. The van der Waals surface area contributed by atoms with Gasteiger partial charge >= 0.3 is 5.97 Å². The van der Waals surface area contributed by atoms with E-state index in [1.807, 2.05) is 0 Å². The van der Waals surface area contributed by atoms with Crippen molar-refractivity contribution in [3.8, 4) is 0 Å². The molecule has 2 atom stereocenters. The molecular weight excluding hydrogens is 392 g/mol. The van der Waals surface area contributed by atoms with Gasteiger partial charge in [-0.3, -0.25) is 9.79 Å². The number of aliphatic imine (C=N–C) groups is 1. The fourth-order valence-electron chi connectivity index (χ4n) is 3.77. The molecule has 31 heavy (non-hydrogen) atoms. The van der Waals surface area contributed by atoms with Gasteiger partial charge in [0, 0.05) is 13.1 Å². The molecule has 7 nitrogen and oxygen atoms in total. The number of nitrogens with two attached hydrogens (primary N) is 2. The van der Waals surface area contributed by atoms with Crippen molar-refractivity contribution in [1.82, 2.24) is 5.32 Å². The molecular formula is C24H50N4O3. The van der Waals surface area contributed by atoms with Gasteiger partial charge in [-0.2, -0.15) is 0 Å². The van der Waals surface area contributed by atoms with E-state index in [1.54, 1.807) is 0 Å². The van der Waals surface area contributed by atoms with E-state index in [1.165, 1.54) is 77.0 Å². The van der Waals surface area contributed by atoms with E-state index in [-0.39, 0.29) is 5.96 Å². The van der Waals surface area contributed by atoms with E-state index in [0.717, 1.165) is 12.8 Å². The van der Waals surface area contributed by atoms with Gasteiger partial charge < -0.3 is 27.0 Å². The maximum atomic E-state index is 11.3. The Labute approximate surface area is 190 Å². The van der Waals surface area contributed by atoms with Crippen molar-refractivity contribution in [1.29, 1.82) is 0 Å². The van der Waals surface area contributed by atoms with Crippen LogP contribution in [-0.2, 0) is 4.79 Å². The van der Waals surface area contributed by atoms with Crippen LogP contribution in [0.25, 0.3) is 0 Å². The molecule has 0 bridgehead atoms. The molecule has 0 rings (SSSR count). The Kier molecular flexibility index (Phi) is 20.9. The van der Waals surface area contributed by atoms with Gasteiger partial charge in [0.25, 0.3) is 0 Å². The molecule has 2 unspecified atom stereocenters. The molecule has 0 saturated carbocycles. The number of carbonyl (C=O) groups is 1. The molecule has 7 N–H and O–H groups in total. The molecule has 0 saturated heterocycles. The molecule has 0 fully saturated rings. The molecule has 0 aliphatic heterocycles. The van der Waals surface area contributed by atoms with E-state index in [2.05, 4.69) is 17.2 Å². The summed E-state index contributed by atoms with van der Waals surface area (Å²) in [7, 11) is 0. The van der Waals surface area contributed by atoms with Gasteiger partial charge in [0.2, 0.25) is 0 Å². The monoisotopic (exact) mass is 442 g/mol. The van der Waals surface area contributed by atoms with Crippen LogP contribution in [0.15, 0.2) is 4.99 Å². The highest BCUT2D eigenvalue weighted by molar-refractivity contribution is 5.75. The summed E-state index contributed by atoms with van der Waals surface area (Å²) in [5.41, 5.74) is 10.5. The summed E-state index contributed by atoms with van der Waals surface area (Å²) in [6.45, 7) is 2.98. The van der Waals surface area contributed by atoms with Crippen LogP contribution in [0.1, 0.15) is 116 Å². The number of carboxylic acid groups (broad SMARTS) is 1. The zero-order valence-electron chi connectivity index (χ0n) is 20.0. The predicted molar refractivity (Wildman–Crippen MR) is 130 cm³/mol. The van der Waals surface area contributed by atoms with Crippen molar-refractivity contribution in [2.24, 2.45) is 16.5 Å². The number of rotatable bonds is 23.